The van der Waals surface area contributed by atoms with Gasteiger partial charge in [-0.2, -0.15) is 0 Å². The van der Waals surface area contributed by atoms with Gasteiger partial charge in [-0.25, -0.2) is 9.78 Å². The maximum absolute atomic E-state index is 13.7. The number of fused-ring (bicyclic) bond motifs is 3. The maximum atomic E-state index is 13.7. The molecule has 2 aromatic heterocycles. The van der Waals surface area contributed by atoms with Crippen LogP contribution in [0.4, 0.5) is 5.69 Å². The molecule has 1 fully saturated rings. The number of benzene rings is 2. The number of aromatic nitrogens is 2. The van der Waals surface area contributed by atoms with Crippen LogP contribution >= 0.6 is 0 Å². The Bertz CT molecular complexity index is 1440. The van der Waals surface area contributed by atoms with Gasteiger partial charge in [-0.15, -0.1) is 0 Å². The van der Waals surface area contributed by atoms with Gasteiger partial charge in [0.2, 0.25) is 0 Å². The van der Waals surface area contributed by atoms with E-state index in [1.165, 1.54) is 26.4 Å². The largest absolute Gasteiger partial charge is 0.497 e. The minimum atomic E-state index is -0.313. The van der Waals surface area contributed by atoms with Gasteiger partial charge >= 0.3 is 5.97 Å². The molecule has 1 aliphatic rings. The predicted octanol–water partition coefficient (Wildman–Crippen LogP) is 7.28. The fourth-order valence-electron chi connectivity index (χ4n) is 5.79. The van der Waals surface area contributed by atoms with Crippen LogP contribution in [-0.4, -0.2) is 43.2 Å². The van der Waals surface area contributed by atoms with E-state index in [0.29, 0.717) is 12.0 Å². The lowest BCUT2D eigenvalue weighted by molar-refractivity contribution is 0.0603. The first-order valence-corrected chi connectivity index (χ1v) is 14.3. The minimum absolute atomic E-state index is 0.313. The van der Waals surface area contributed by atoms with Crippen molar-refractivity contribution in [1.82, 2.24) is 9.97 Å². The van der Waals surface area contributed by atoms with E-state index < -0.39 is 0 Å². The van der Waals surface area contributed by atoms with E-state index in [1.807, 2.05) is 30.3 Å². The number of piperidine rings is 1. The van der Waals surface area contributed by atoms with Gasteiger partial charge in [0.1, 0.15) is 5.75 Å². The van der Waals surface area contributed by atoms with Crippen LogP contribution in [0.15, 0.2) is 48.5 Å². The van der Waals surface area contributed by atoms with Crippen molar-refractivity contribution in [1.29, 1.82) is 0 Å². The van der Waals surface area contributed by atoms with E-state index in [-0.39, 0.29) is 5.97 Å². The number of rotatable bonds is 10. The lowest BCUT2D eigenvalue weighted by Crippen LogP contribution is -2.32. The monoisotopic (exact) mass is 525 g/mol. The summed E-state index contributed by atoms with van der Waals surface area (Å²) in [5.41, 5.74) is 6.26. The molecule has 0 unspecified atom stereocenters. The predicted molar refractivity (Wildman–Crippen MR) is 158 cm³/mol. The minimum Gasteiger partial charge on any atom is -0.497 e. The number of para-hydroxylation sites is 1. The molecule has 0 radical (unpaired) electrons. The fraction of sp³-hybridized carbons (Fsp3) is 0.424. The van der Waals surface area contributed by atoms with Crippen LogP contribution in [-0.2, 0) is 17.6 Å². The molecule has 2 aromatic carbocycles. The molecule has 39 heavy (non-hydrogen) atoms. The number of nitrogens with zero attached hydrogens (tertiary/aromatic N) is 3. The highest BCUT2D eigenvalue weighted by molar-refractivity contribution is 6.18. The molecule has 1 aliphatic heterocycles. The Morgan fingerprint density at radius 3 is 2.38 bits per heavy atom. The SMILES string of the molecule is CCCCCCc1nc2ccccc2c2c(C(=O)OC)c(N3CCCCC3)c(Cc3ccc(OC)cc3)nc12. The van der Waals surface area contributed by atoms with Crippen molar-refractivity contribution in [3.8, 4) is 5.75 Å². The summed E-state index contributed by atoms with van der Waals surface area (Å²) in [7, 11) is 3.16. The number of pyridine rings is 2. The second-order valence-electron chi connectivity index (χ2n) is 10.5. The molecule has 3 heterocycles. The standard InChI is InChI=1S/C33H39N3O3/c1-4-5-6-8-15-27-31-29(25-13-9-10-14-26(25)34-27)30(33(37)39-3)32(36-20-11-7-12-21-36)28(35-31)22-23-16-18-24(38-2)19-17-23/h9-10,13-14,16-19H,4-8,11-12,15,20-22H2,1-3H3. The van der Waals surface area contributed by atoms with Crippen molar-refractivity contribution in [2.24, 2.45) is 0 Å². The summed E-state index contributed by atoms with van der Waals surface area (Å²) in [6.07, 6.45) is 9.43. The first-order chi connectivity index (χ1) is 19.1. The van der Waals surface area contributed by atoms with Gasteiger partial charge in [0.25, 0.3) is 0 Å². The molecule has 6 heteroatoms. The van der Waals surface area contributed by atoms with Crippen LogP contribution in [0.5, 0.6) is 5.75 Å². The number of carbonyl (C=O) groups excluding carboxylic acids is 1. The van der Waals surface area contributed by atoms with Crippen LogP contribution < -0.4 is 9.64 Å². The molecule has 0 atom stereocenters. The number of aryl methyl sites for hydroxylation is 1. The van der Waals surface area contributed by atoms with Crippen LogP contribution in [0.3, 0.4) is 0 Å². The number of anilines is 1. The topological polar surface area (TPSA) is 64.5 Å². The van der Waals surface area contributed by atoms with E-state index in [0.717, 1.165) is 95.4 Å². The molecule has 5 rings (SSSR count). The smallest absolute Gasteiger partial charge is 0.340 e. The molecule has 4 aromatic rings. The van der Waals surface area contributed by atoms with Gasteiger partial charge in [0, 0.05) is 30.3 Å². The van der Waals surface area contributed by atoms with E-state index in [9.17, 15) is 4.79 Å². The molecule has 0 N–H and O–H groups in total. The zero-order chi connectivity index (χ0) is 27.2. The molecule has 204 valence electrons. The maximum Gasteiger partial charge on any atom is 0.340 e. The number of hydrogen-bond acceptors (Lipinski definition) is 6. The van der Waals surface area contributed by atoms with Gasteiger partial charge in [0.15, 0.2) is 0 Å². The number of carbonyl (C=O) groups is 1. The third-order valence-electron chi connectivity index (χ3n) is 7.81. The van der Waals surface area contributed by atoms with Crippen LogP contribution in [0.2, 0.25) is 0 Å². The number of unbranched alkanes of at least 4 members (excludes halogenated alkanes) is 3. The number of esters is 1. The highest BCUT2D eigenvalue weighted by atomic mass is 16.5. The van der Waals surface area contributed by atoms with Crippen molar-refractivity contribution >= 4 is 33.5 Å². The van der Waals surface area contributed by atoms with Crippen molar-refractivity contribution in [2.45, 2.75) is 64.7 Å². The summed E-state index contributed by atoms with van der Waals surface area (Å²) >= 11 is 0. The molecule has 0 amide bonds. The molecule has 0 bridgehead atoms. The molecular weight excluding hydrogens is 486 g/mol. The Morgan fingerprint density at radius 1 is 0.897 bits per heavy atom. The normalized spacial score (nSPS) is 13.7. The first-order valence-electron chi connectivity index (χ1n) is 14.3. The van der Waals surface area contributed by atoms with Crippen molar-refractivity contribution < 1.29 is 14.3 Å². The Labute approximate surface area is 231 Å². The molecule has 6 nitrogen and oxygen atoms in total. The van der Waals surface area contributed by atoms with Crippen molar-refractivity contribution in [3.63, 3.8) is 0 Å². The highest BCUT2D eigenvalue weighted by Gasteiger charge is 2.29. The first kappa shape index (κ1) is 26.9. The van der Waals surface area contributed by atoms with Gasteiger partial charge in [-0.05, 0) is 55.9 Å². The Kier molecular flexibility index (Phi) is 8.60. The summed E-state index contributed by atoms with van der Waals surface area (Å²) in [5, 5.41) is 1.82. The quantitative estimate of drug-likeness (QED) is 0.123. The summed E-state index contributed by atoms with van der Waals surface area (Å²) in [4.78, 5) is 26.5. The van der Waals surface area contributed by atoms with Gasteiger partial charge in [0.05, 0.1) is 47.9 Å². The van der Waals surface area contributed by atoms with Crippen LogP contribution in [0.1, 0.15) is 79.2 Å². The summed E-state index contributed by atoms with van der Waals surface area (Å²) in [5.74, 6) is 0.508. The second kappa shape index (κ2) is 12.5. The van der Waals surface area contributed by atoms with E-state index in [2.05, 4.69) is 30.0 Å². The molecule has 0 saturated carbocycles. The Balaban J connectivity index is 1.78. The lowest BCUT2D eigenvalue weighted by atomic mass is 9.95. The van der Waals surface area contributed by atoms with Gasteiger partial charge in [-0.1, -0.05) is 56.5 Å². The molecule has 0 aliphatic carbocycles. The van der Waals surface area contributed by atoms with Crippen molar-refractivity contribution in [2.75, 3.05) is 32.2 Å². The Hall–Kier alpha value is -3.67. The summed E-state index contributed by atoms with van der Waals surface area (Å²) in [6.45, 7) is 4.03. The van der Waals surface area contributed by atoms with Gasteiger partial charge < -0.3 is 14.4 Å². The average Bonchev–Trinajstić information content (AvgIpc) is 2.99. The van der Waals surface area contributed by atoms with Gasteiger partial charge in [-0.3, -0.25) is 4.98 Å². The molecule has 1 saturated heterocycles. The number of ether oxygens (including phenoxy) is 2. The second-order valence-corrected chi connectivity index (χ2v) is 10.5. The van der Waals surface area contributed by atoms with E-state index >= 15 is 0 Å². The third kappa shape index (κ3) is 5.70. The summed E-state index contributed by atoms with van der Waals surface area (Å²) in [6, 6.07) is 16.2. The average molecular weight is 526 g/mol. The van der Waals surface area contributed by atoms with E-state index in [1.54, 1.807) is 7.11 Å². The fourth-order valence-corrected chi connectivity index (χ4v) is 5.79. The molecule has 0 spiro atoms. The molecular formula is C33H39N3O3. The van der Waals surface area contributed by atoms with E-state index in [4.69, 9.17) is 19.4 Å². The summed E-state index contributed by atoms with van der Waals surface area (Å²) < 4.78 is 10.9. The lowest BCUT2D eigenvalue weighted by Gasteiger charge is -2.32. The highest BCUT2D eigenvalue weighted by Crippen LogP contribution is 2.39. The Morgan fingerprint density at radius 2 is 1.67 bits per heavy atom. The van der Waals surface area contributed by atoms with Crippen LogP contribution in [0, 0.1) is 0 Å². The zero-order valence-corrected chi connectivity index (χ0v) is 23.5. The number of hydrogen-bond donors (Lipinski definition) is 0. The number of methoxy groups -OCH3 is 2. The van der Waals surface area contributed by atoms with Crippen molar-refractivity contribution in [3.05, 3.63) is 71.0 Å². The van der Waals surface area contributed by atoms with Crippen LogP contribution in [0.25, 0.3) is 21.8 Å². The third-order valence-corrected chi connectivity index (χ3v) is 7.81. The zero-order valence-electron chi connectivity index (χ0n) is 23.5.